The maximum Gasteiger partial charge on any atom is 0.251 e. The van der Waals surface area contributed by atoms with E-state index in [4.69, 9.17) is 4.74 Å². The third kappa shape index (κ3) is 2.99. The first-order valence-corrected chi connectivity index (χ1v) is 7.06. The summed E-state index contributed by atoms with van der Waals surface area (Å²) in [6.45, 7) is 2.61. The predicted octanol–water partition coefficient (Wildman–Crippen LogP) is 1.17. The van der Waals surface area contributed by atoms with Crippen molar-refractivity contribution in [2.45, 2.75) is 31.0 Å². The Bertz CT molecular complexity index is 420. The zero-order valence-electron chi connectivity index (χ0n) is 11.3. The molecule has 0 aromatic carbocycles. The fourth-order valence-electron chi connectivity index (χ4n) is 3.18. The van der Waals surface area contributed by atoms with Crippen molar-refractivity contribution in [1.82, 2.24) is 20.4 Å². The van der Waals surface area contributed by atoms with Crippen LogP contribution in [0.15, 0.2) is 12.3 Å². The van der Waals surface area contributed by atoms with Gasteiger partial charge in [0.15, 0.2) is 0 Å². The summed E-state index contributed by atoms with van der Waals surface area (Å²) < 4.78 is 31.7. The molecule has 20 heavy (non-hydrogen) atoms. The molecule has 3 heterocycles. The Kier molecular flexibility index (Phi) is 4.00. The molecule has 1 atom stereocenters. The van der Waals surface area contributed by atoms with Crippen LogP contribution in [0.4, 0.5) is 8.78 Å². The van der Waals surface area contributed by atoms with Gasteiger partial charge in [-0.2, -0.15) is 5.10 Å². The third-order valence-electron chi connectivity index (χ3n) is 4.09. The Morgan fingerprint density at radius 3 is 2.90 bits per heavy atom. The van der Waals surface area contributed by atoms with Gasteiger partial charge in [-0.15, -0.1) is 0 Å². The van der Waals surface area contributed by atoms with Crippen molar-refractivity contribution in [3.05, 3.63) is 18.0 Å². The van der Waals surface area contributed by atoms with Gasteiger partial charge < -0.3 is 10.1 Å². The maximum absolute atomic E-state index is 12.7. The summed E-state index contributed by atoms with van der Waals surface area (Å²) in [5.74, 6) is 0. The molecule has 0 radical (unpaired) electrons. The lowest BCUT2D eigenvalue weighted by molar-refractivity contribution is -0.175. The quantitative estimate of drug-likeness (QED) is 0.876. The average molecular weight is 286 g/mol. The van der Waals surface area contributed by atoms with Crippen molar-refractivity contribution < 1.29 is 13.5 Å². The van der Waals surface area contributed by atoms with Crippen LogP contribution in [0.25, 0.3) is 0 Å². The van der Waals surface area contributed by atoms with Crippen LogP contribution in [0.3, 0.4) is 0 Å². The number of nitrogens with zero attached hydrogens (tertiary/aromatic N) is 2. The number of rotatable bonds is 3. The van der Waals surface area contributed by atoms with Crippen molar-refractivity contribution in [3.63, 3.8) is 0 Å². The van der Waals surface area contributed by atoms with Crippen LogP contribution in [-0.4, -0.2) is 59.8 Å². The molecule has 1 aromatic heterocycles. The van der Waals surface area contributed by atoms with Crippen LogP contribution in [0, 0.1) is 0 Å². The molecule has 0 aliphatic carbocycles. The number of aromatic nitrogens is 2. The maximum atomic E-state index is 12.7. The molecule has 1 spiro atoms. The standard InChI is InChI=1S/C13H20F2N4O/c14-12(15)8-19-7-11(10-1-4-17-18-10)20-13(9-19)2-5-16-6-3-13/h1,4,11-12,16H,2-3,5-9H2,(H,17,18). The first-order chi connectivity index (χ1) is 9.67. The van der Waals surface area contributed by atoms with Gasteiger partial charge in [0.2, 0.25) is 0 Å². The van der Waals surface area contributed by atoms with Gasteiger partial charge in [-0.05, 0) is 32.0 Å². The molecule has 2 N–H and O–H groups in total. The summed E-state index contributed by atoms with van der Waals surface area (Å²) >= 11 is 0. The molecular weight excluding hydrogens is 266 g/mol. The second kappa shape index (κ2) is 5.75. The Labute approximate surface area is 116 Å². The van der Waals surface area contributed by atoms with Crippen molar-refractivity contribution in [1.29, 1.82) is 0 Å². The number of morpholine rings is 1. The summed E-state index contributed by atoms with van der Waals surface area (Å²) in [7, 11) is 0. The van der Waals surface area contributed by atoms with Crippen LogP contribution in [0.1, 0.15) is 24.6 Å². The van der Waals surface area contributed by atoms with E-state index in [1.807, 2.05) is 11.0 Å². The lowest BCUT2D eigenvalue weighted by Crippen LogP contribution is -2.57. The highest BCUT2D eigenvalue weighted by molar-refractivity contribution is 5.07. The summed E-state index contributed by atoms with van der Waals surface area (Å²) in [6.07, 6.45) is 0.903. The molecule has 0 bridgehead atoms. The minimum absolute atomic E-state index is 0.195. The zero-order chi connectivity index (χ0) is 14.0. The first kappa shape index (κ1) is 13.9. The smallest absolute Gasteiger partial charge is 0.251 e. The van der Waals surface area contributed by atoms with Crippen molar-refractivity contribution in [2.24, 2.45) is 0 Å². The van der Waals surface area contributed by atoms with Gasteiger partial charge in [-0.1, -0.05) is 0 Å². The van der Waals surface area contributed by atoms with Gasteiger partial charge in [0.25, 0.3) is 6.43 Å². The van der Waals surface area contributed by atoms with Crippen LogP contribution >= 0.6 is 0 Å². The highest BCUT2D eigenvalue weighted by Gasteiger charge is 2.42. The number of halogens is 2. The molecule has 0 amide bonds. The molecule has 1 aromatic rings. The van der Waals surface area contributed by atoms with E-state index in [1.54, 1.807) is 6.20 Å². The van der Waals surface area contributed by atoms with Crippen molar-refractivity contribution in [2.75, 3.05) is 32.7 Å². The highest BCUT2D eigenvalue weighted by atomic mass is 19.3. The monoisotopic (exact) mass is 286 g/mol. The summed E-state index contributed by atoms with van der Waals surface area (Å²) in [4.78, 5) is 1.82. The molecule has 112 valence electrons. The molecule has 3 rings (SSSR count). The topological polar surface area (TPSA) is 53.2 Å². The lowest BCUT2D eigenvalue weighted by atomic mass is 9.89. The fraction of sp³-hybridized carbons (Fsp3) is 0.769. The number of hydrogen-bond acceptors (Lipinski definition) is 4. The molecule has 0 saturated carbocycles. The number of ether oxygens (including phenoxy) is 1. The van der Waals surface area contributed by atoms with E-state index in [9.17, 15) is 8.78 Å². The van der Waals surface area contributed by atoms with E-state index in [0.29, 0.717) is 13.1 Å². The number of piperidine rings is 1. The predicted molar refractivity (Wildman–Crippen MR) is 69.7 cm³/mol. The highest BCUT2D eigenvalue weighted by Crippen LogP contribution is 2.35. The van der Waals surface area contributed by atoms with Gasteiger partial charge in [0.05, 0.1) is 17.8 Å². The average Bonchev–Trinajstić information content (AvgIpc) is 2.92. The van der Waals surface area contributed by atoms with E-state index in [1.165, 1.54) is 0 Å². The molecular formula is C13H20F2N4O. The molecule has 2 aliphatic heterocycles. The molecule has 2 saturated heterocycles. The van der Waals surface area contributed by atoms with Crippen molar-refractivity contribution >= 4 is 0 Å². The second-order valence-electron chi connectivity index (χ2n) is 5.62. The summed E-state index contributed by atoms with van der Waals surface area (Å²) in [5.41, 5.74) is 0.476. The van der Waals surface area contributed by atoms with E-state index in [-0.39, 0.29) is 18.2 Å². The van der Waals surface area contributed by atoms with Gasteiger partial charge in [0, 0.05) is 19.3 Å². The summed E-state index contributed by atoms with van der Waals surface area (Å²) in [5, 5.41) is 10.2. The zero-order valence-corrected chi connectivity index (χ0v) is 11.3. The number of alkyl halides is 2. The van der Waals surface area contributed by atoms with Crippen LogP contribution in [0.5, 0.6) is 0 Å². The Morgan fingerprint density at radius 1 is 1.45 bits per heavy atom. The largest absolute Gasteiger partial charge is 0.363 e. The van der Waals surface area contributed by atoms with Crippen LogP contribution in [0.2, 0.25) is 0 Å². The number of nitrogens with one attached hydrogen (secondary N) is 2. The fourth-order valence-corrected chi connectivity index (χ4v) is 3.18. The molecule has 1 unspecified atom stereocenters. The van der Waals surface area contributed by atoms with Crippen LogP contribution in [-0.2, 0) is 4.74 Å². The minimum Gasteiger partial charge on any atom is -0.363 e. The van der Waals surface area contributed by atoms with Gasteiger partial charge >= 0.3 is 0 Å². The van der Waals surface area contributed by atoms with Crippen molar-refractivity contribution in [3.8, 4) is 0 Å². The SMILES string of the molecule is FC(F)CN1CC(c2cc[nH]n2)OC2(CCNCC2)C1. The van der Waals surface area contributed by atoms with Gasteiger partial charge in [0.1, 0.15) is 6.10 Å². The third-order valence-corrected chi connectivity index (χ3v) is 4.09. The van der Waals surface area contributed by atoms with Gasteiger partial charge in [-0.3, -0.25) is 10.00 Å². The van der Waals surface area contributed by atoms with Gasteiger partial charge in [-0.25, -0.2) is 8.78 Å². The molecule has 2 fully saturated rings. The normalized spacial score (nSPS) is 27.2. The number of aromatic amines is 1. The molecule has 7 heteroatoms. The number of H-pyrrole nitrogens is 1. The lowest BCUT2D eigenvalue weighted by Gasteiger charge is -2.48. The molecule has 5 nitrogen and oxygen atoms in total. The summed E-state index contributed by atoms with van der Waals surface area (Å²) in [6, 6.07) is 1.85. The van der Waals surface area contributed by atoms with E-state index in [0.717, 1.165) is 31.6 Å². The minimum atomic E-state index is -2.31. The Morgan fingerprint density at radius 2 is 2.25 bits per heavy atom. The van der Waals surface area contributed by atoms with E-state index >= 15 is 0 Å². The van der Waals surface area contributed by atoms with E-state index in [2.05, 4.69) is 15.5 Å². The van der Waals surface area contributed by atoms with Crippen LogP contribution < -0.4 is 5.32 Å². The van der Waals surface area contributed by atoms with E-state index < -0.39 is 6.43 Å². The first-order valence-electron chi connectivity index (χ1n) is 7.06. The molecule has 2 aliphatic rings. The Balaban J connectivity index is 1.78. The number of hydrogen-bond donors (Lipinski definition) is 2. The Hall–Kier alpha value is -1.05. The second-order valence-corrected chi connectivity index (χ2v) is 5.62.